The number of ether oxygens (including phenoxy) is 1. The van der Waals surface area contributed by atoms with Crippen molar-refractivity contribution in [1.29, 1.82) is 0 Å². The van der Waals surface area contributed by atoms with Gasteiger partial charge in [0.05, 0.1) is 12.2 Å². The average Bonchev–Trinajstić information content (AvgIpc) is 2.43. The summed E-state index contributed by atoms with van der Waals surface area (Å²) in [5.41, 5.74) is 0. The fraction of sp³-hybridized carbons (Fsp3) is 1.00. The first kappa shape index (κ1) is 2.49. The van der Waals surface area contributed by atoms with Crippen molar-refractivity contribution in [1.82, 2.24) is 0 Å². The summed E-state index contributed by atoms with van der Waals surface area (Å²) in [6, 6.07) is 0. The first-order chi connectivity index (χ1) is 3.48. The van der Waals surface area contributed by atoms with Gasteiger partial charge in [0.2, 0.25) is 0 Å². The first-order valence-electron chi connectivity index (χ1n) is 3.14. The van der Waals surface area contributed by atoms with E-state index in [4.69, 9.17) is 4.74 Å². The van der Waals surface area contributed by atoms with Crippen LogP contribution >= 0.6 is 0 Å². The third-order valence-electron chi connectivity index (χ3n) is 3.26. The minimum atomic E-state index is 0.792. The summed E-state index contributed by atoms with van der Waals surface area (Å²) in [5, 5.41) is 0. The highest BCUT2D eigenvalue weighted by Gasteiger charge is 2.90. The van der Waals surface area contributed by atoms with Crippen molar-refractivity contribution in [3.8, 4) is 0 Å². The van der Waals surface area contributed by atoms with Crippen molar-refractivity contribution >= 4 is 0 Å². The molecule has 1 heteroatoms. The van der Waals surface area contributed by atoms with Gasteiger partial charge in [-0.1, -0.05) is 0 Å². The number of epoxide rings is 1. The van der Waals surface area contributed by atoms with Crippen molar-refractivity contribution in [2.75, 3.05) is 0 Å². The Kier molecular flexibility index (Phi) is 0.145. The van der Waals surface area contributed by atoms with Crippen molar-refractivity contribution in [2.24, 2.45) is 23.7 Å². The molecule has 1 nitrogen and oxygen atoms in total. The van der Waals surface area contributed by atoms with E-state index >= 15 is 0 Å². The molecule has 0 N–H and O–H groups in total. The van der Waals surface area contributed by atoms with E-state index in [-0.39, 0.29) is 0 Å². The van der Waals surface area contributed by atoms with Gasteiger partial charge in [-0.2, -0.15) is 0 Å². The summed E-state index contributed by atoms with van der Waals surface area (Å²) < 4.78 is 5.34. The molecule has 0 aromatic heterocycles. The van der Waals surface area contributed by atoms with Gasteiger partial charge in [-0.05, 0) is 23.7 Å². The molecule has 7 heavy (non-hydrogen) atoms. The predicted molar refractivity (Wildman–Crippen MR) is 22.6 cm³/mol. The second-order valence-electron chi connectivity index (χ2n) is 3.37. The van der Waals surface area contributed by atoms with E-state index in [9.17, 15) is 0 Å². The molecule has 0 aromatic carbocycles. The van der Waals surface area contributed by atoms with Crippen molar-refractivity contribution in [3.63, 3.8) is 0 Å². The number of rotatable bonds is 0. The van der Waals surface area contributed by atoms with E-state index in [1.54, 1.807) is 0 Å². The van der Waals surface area contributed by atoms with Gasteiger partial charge >= 0.3 is 0 Å². The zero-order valence-electron chi connectivity index (χ0n) is 3.87. The van der Waals surface area contributed by atoms with Crippen LogP contribution in [0.3, 0.4) is 0 Å². The smallest absolute Gasteiger partial charge is 0.0878 e. The van der Waals surface area contributed by atoms with E-state index in [2.05, 4.69) is 0 Å². The van der Waals surface area contributed by atoms with Gasteiger partial charge in [-0.25, -0.2) is 0 Å². The molecule has 0 spiro atoms. The Morgan fingerprint density at radius 2 is 1.29 bits per heavy atom. The molecule has 5 rings (SSSR count). The van der Waals surface area contributed by atoms with E-state index in [0.717, 1.165) is 24.0 Å². The normalized spacial score (nSPS) is 96.0. The van der Waals surface area contributed by atoms with Crippen LogP contribution in [0.4, 0.5) is 0 Å². The quantitative estimate of drug-likeness (QED) is 0.392. The first-order valence-corrected chi connectivity index (χ1v) is 3.14. The summed E-state index contributed by atoms with van der Waals surface area (Å²) in [7, 11) is 0. The van der Waals surface area contributed by atoms with Crippen LogP contribution in [0.25, 0.3) is 0 Å². The van der Waals surface area contributed by atoms with Gasteiger partial charge < -0.3 is 4.74 Å². The second kappa shape index (κ2) is 0.408. The van der Waals surface area contributed by atoms with E-state index in [1.165, 1.54) is 11.8 Å². The number of hydrogen-bond acceptors (Lipinski definition) is 1. The summed E-state index contributed by atoms with van der Waals surface area (Å²) in [6.45, 7) is 0. The van der Waals surface area contributed by atoms with Crippen LogP contribution in [0.1, 0.15) is 0 Å². The maximum atomic E-state index is 5.34. The fourth-order valence-corrected chi connectivity index (χ4v) is 2.77. The van der Waals surface area contributed by atoms with Gasteiger partial charge in [0.25, 0.3) is 0 Å². The summed E-state index contributed by atoms with van der Waals surface area (Å²) >= 11 is 0. The molecule has 36 valence electrons. The average molecular weight is 94.1 g/mol. The van der Waals surface area contributed by atoms with E-state index < -0.39 is 0 Å². The van der Waals surface area contributed by atoms with Crippen LogP contribution in [-0.4, -0.2) is 12.2 Å². The highest BCUT2D eigenvalue weighted by molar-refractivity contribution is 5.37. The third-order valence-corrected chi connectivity index (χ3v) is 3.26. The molecule has 4 aliphatic carbocycles. The van der Waals surface area contributed by atoms with Crippen LogP contribution in [0.15, 0.2) is 0 Å². The van der Waals surface area contributed by atoms with Crippen molar-refractivity contribution in [2.45, 2.75) is 12.2 Å². The molecule has 1 heterocycles. The van der Waals surface area contributed by atoms with E-state index in [0.29, 0.717) is 0 Å². The lowest BCUT2D eigenvalue weighted by molar-refractivity contribution is 0.252. The summed E-state index contributed by atoms with van der Waals surface area (Å²) in [5.74, 6) is 4.58. The lowest BCUT2D eigenvalue weighted by Gasteiger charge is -1.94. The molecule has 2 unspecified atom stereocenters. The van der Waals surface area contributed by atoms with Gasteiger partial charge in [0, 0.05) is 0 Å². The number of hydrogen-bond donors (Lipinski definition) is 0. The predicted octanol–water partition coefficient (Wildman–Crippen LogP) is 0.259. The molecule has 0 radical (unpaired) electrons. The molecule has 5 fully saturated rings. The van der Waals surface area contributed by atoms with Crippen molar-refractivity contribution < 1.29 is 4.74 Å². The molecule has 2 bridgehead atoms. The topological polar surface area (TPSA) is 12.5 Å². The van der Waals surface area contributed by atoms with Crippen LogP contribution < -0.4 is 0 Å². The highest BCUT2D eigenvalue weighted by Crippen LogP contribution is 2.87. The lowest BCUT2D eigenvalue weighted by Crippen LogP contribution is -1.95. The Bertz CT molecular complexity index is 136. The lowest BCUT2D eigenvalue weighted by atomic mass is 10.2. The van der Waals surface area contributed by atoms with Crippen LogP contribution in [0.5, 0.6) is 0 Å². The molecule has 0 aromatic rings. The Hall–Kier alpha value is -0.0400. The molecule has 5 aliphatic rings. The molecular formula is C6H6O. The molecule has 4 atom stereocenters. The highest BCUT2D eigenvalue weighted by atomic mass is 16.6. The zero-order chi connectivity index (χ0) is 4.17. The minimum absolute atomic E-state index is 0.792. The van der Waals surface area contributed by atoms with Crippen LogP contribution in [-0.2, 0) is 4.74 Å². The molecule has 1 saturated heterocycles. The molecule has 4 saturated carbocycles. The van der Waals surface area contributed by atoms with Crippen LogP contribution in [0.2, 0.25) is 0 Å². The van der Waals surface area contributed by atoms with Gasteiger partial charge in [-0.15, -0.1) is 0 Å². The Balaban J connectivity index is 2.09. The molecular weight excluding hydrogens is 88.1 g/mol. The molecule has 1 aliphatic heterocycles. The standard InChI is InChI=1S/C6H6O/c7-5-3-1-2(3)4(1)6(5)7/h1-6H/t1?,2?,3?,4?,5-,6+. The minimum Gasteiger partial charge on any atom is -0.369 e. The van der Waals surface area contributed by atoms with Gasteiger partial charge in [0.1, 0.15) is 0 Å². The second-order valence-corrected chi connectivity index (χ2v) is 3.37. The van der Waals surface area contributed by atoms with E-state index in [1.807, 2.05) is 0 Å². The maximum absolute atomic E-state index is 5.34. The largest absolute Gasteiger partial charge is 0.369 e. The van der Waals surface area contributed by atoms with Crippen LogP contribution in [0, 0.1) is 23.7 Å². The Morgan fingerprint density at radius 1 is 0.714 bits per heavy atom. The Morgan fingerprint density at radius 3 is 1.57 bits per heavy atom. The third kappa shape index (κ3) is 0.104. The Labute approximate surface area is 41.7 Å². The zero-order valence-corrected chi connectivity index (χ0v) is 3.87. The summed E-state index contributed by atoms with van der Waals surface area (Å²) in [4.78, 5) is 0. The maximum Gasteiger partial charge on any atom is 0.0878 e. The molecule has 0 amide bonds. The van der Waals surface area contributed by atoms with Gasteiger partial charge in [0.15, 0.2) is 0 Å². The fourth-order valence-electron chi connectivity index (χ4n) is 2.77. The monoisotopic (exact) mass is 94.0 g/mol. The SMILES string of the molecule is O1[C@@H]2C3C4C3C4[C@H]12. The van der Waals surface area contributed by atoms with Gasteiger partial charge in [-0.3, -0.25) is 0 Å². The summed E-state index contributed by atoms with van der Waals surface area (Å²) in [6.07, 6.45) is 1.58. The van der Waals surface area contributed by atoms with Crippen molar-refractivity contribution in [3.05, 3.63) is 0 Å².